The third-order valence-electron chi connectivity index (χ3n) is 3.49. The van der Waals surface area contributed by atoms with Crippen LogP contribution in [0.2, 0.25) is 0 Å². The number of hydrogen-bond donors (Lipinski definition) is 1. The average molecular weight is 282 g/mol. The molecule has 2 rings (SSSR count). The van der Waals surface area contributed by atoms with E-state index in [1.165, 1.54) is 5.56 Å². The van der Waals surface area contributed by atoms with Crippen LogP contribution in [0, 0.1) is 6.92 Å². The molecular formula is C18H22N2O. The van der Waals surface area contributed by atoms with Gasteiger partial charge in [0, 0.05) is 19.2 Å². The highest BCUT2D eigenvalue weighted by Crippen LogP contribution is 2.11. The van der Waals surface area contributed by atoms with Crippen LogP contribution < -0.4 is 5.73 Å². The molecule has 1 amide bonds. The van der Waals surface area contributed by atoms with Crippen LogP contribution in [0.1, 0.15) is 27.0 Å². The highest BCUT2D eigenvalue weighted by molar-refractivity contribution is 5.94. The van der Waals surface area contributed by atoms with E-state index in [1.807, 2.05) is 31.3 Å². The smallest absolute Gasteiger partial charge is 0.253 e. The second-order valence-electron chi connectivity index (χ2n) is 5.39. The molecule has 2 N–H and O–H groups in total. The molecule has 0 saturated heterocycles. The number of amides is 1. The molecule has 2 aromatic rings. The fourth-order valence-corrected chi connectivity index (χ4v) is 2.29. The molecule has 0 aliphatic rings. The summed E-state index contributed by atoms with van der Waals surface area (Å²) in [6.07, 6.45) is 0.794. The van der Waals surface area contributed by atoms with Crippen molar-refractivity contribution in [1.29, 1.82) is 0 Å². The fourth-order valence-electron chi connectivity index (χ4n) is 2.29. The van der Waals surface area contributed by atoms with Gasteiger partial charge in [0.05, 0.1) is 0 Å². The number of carbonyl (C=O) groups excluding carboxylic acids is 1. The Hall–Kier alpha value is -2.13. The van der Waals surface area contributed by atoms with Gasteiger partial charge in [-0.25, -0.2) is 0 Å². The molecule has 0 fully saturated rings. The molecule has 110 valence electrons. The first kappa shape index (κ1) is 15.3. The molecule has 0 aliphatic carbocycles. The van der Waals surface area contributed by atoms with E-state index in [0.29, 0.717) is 13.1 Å². The minimum atomic E-state index is 0.0365. The van der Waals surface area contributed by atoms with Gasteiger partial charge < -0.3 is 10.6 Å². The predicted octanol–water partition coefficient (Wildman–Crippen LogP) is 2.77. The number of carbonyl (C=O) groups is 1. The molecule has 0 radical (unpaired) electrons. The quantitative estimate of drug-likeness (QED) is 0.916. The van der Waals surface area contributed by atoms with Crippen molar-refractivity contribution in [2.24, 2.45) is 5.73 Å². The summed E-state index contributed by atoms with van der Waals surface area (Å²) in [6.45, 7) is 3.26. The summed E-state index contributed by atoms with van der Waals surface area (Å²) in [5, 5.41) is 0. The summed E-state index contributed by atoms with van der Waals surface area (Å²) in [6, 6.07) is 16.0. The molecule has 0 heterocycles. The third kappa shape index (κ3) is 4.17. The van der Waals surface area contributed by atoms with Gasteiger partial charge >= 0.3 is 0 Å². The van der Waals surface area contributed by atoms with Crippen molar-refractivity contribution in [3.8, 4) is 0 Å². The van der Waals surface area contributed by atoms with Crippen molar-refractivity contribution in [3.63, 3.8) is 0 Å². The Morgan fingerprint density at radius 2 is 1.81 bits per heavy atom. The van der Waals surface area contributed by atoms with Gasteiger partial charge in [-0.15, -0.1) is 0 Å². The zero-order valence-electron chi connectivity index (χ0n) is 12.7. The van der Waals surface area contributed by atoms with Crippen molar-refractivity contribution in [2.45, 2.75) is 19.9 Å². The zero-order valence-corrected chi connectivity index (χ0v) is 12.7. The molecule has 0 unspecified atom stereocenters. The van der Waals surface area contributed by atoms with Crippen LogP contribution in [0.5, 0.6) is 0 Å². The molecule has 0 saturated carbocycles. The molecule has 0 spiro atoms. The highest BCUT2D eigenvalue weighted by Gasteiger charge is 2.12. The van der Waals surface area contributed by atoms with Crippen molar-refractivity contribution in [3.05, 3.63) is 70.8 Å². The monoisotopic (exact) mass is 282 g/mol. The highest BCUT2D eigenvalue weighted by atomic mass is 16.2. The SMILES string of the molecule is Cc1ccc(CN(C)C(=O)c2cccc(CCN)c2)cc1. The molecule has 2 aromatic carbocycles. The lowest BCUT2D eigenvalue weighted by Gasteiger charge is -2.18. The summed E-state index contributed by atoms with van der Waals surface area (Å²) < 4.78 is 0. The Morgan fingerprint density at radius 1 is 1.10 bits per heavy atom. The van der Waals surface area contributed by atoms with Gasteiger partial charge in [0.15, 0.2) is 0 Å². The van der Waals surface area contributed by atoms with E-state index >= 15 is 0 Å². The Kier molecular flexibility index (Phi) is 5.12. The Morgan fingerprint density at radius 3 is 2.48 bits per heavy atom. The van der Waals surface area contributed by atoms with E-state index < -0.39 is 0 Å². The van der Waals surface area contributed by atoms with Crippen LogP contribution in [0.4, 0.5) is 0 Å². The lowest BCUT2D eigenvalue weighted by molar-refractivity contribution is 0.0785. The molecule has 21 heavy (non-hydrogen) atoms. The fraction of sp³-hybridized carbons (Fsp3) is 0.278. The van der Waals surface area contributed by atoms with Gasteiger partial charge in [0.1, 0.15) is 0 Å². The van der Waals surface area contributed by atoms with Crippen LogP contribution in [0.25, 0.3) is 0 Å². The van der Waals surface area contributed by atoms with Gasteiger partial charge in [-0.2, -0.15) is 0 Å². The van der Waals surface area contributed by atoms with Crippen LogP contribution >= 0.6 is 0 Å². The maximum absolute atomic E-state index is 12.5. The molecule has 0 atom stereocenters. The van der Waals surface area contributed by atoms with Crippen molar-refractivity contribution in [1.82, 2.24) is 4.90 Å². The predicted molar refractivity (Wildman–Crippen MR) is 86.2 cm³/mol. The van der Waals surface area contributed by atoms with E-state index in [-0.39, 0.29) is 5.91 Å². The maximum Gasteiger partial charge on any atom is 0.253 e. The molecule has 3 nitrogen and oxygen atoms in total. The van der Waals surface area contributed by atoms with Crippen LogP contribution in [-0.2, 0) is 13.0 Å². The maximum atomic E-state index is 12.5. The number of hydrogen-bond acceptors (Lipinski definition) is 2. The summed E-state index contributed by atoms with van der Waals surface area (Å²) in [4.78, 5) is 14.2. The van der Waals surface area contributed by atoms with Gasteiger partial charge in [0.2, 0.25) is 0 Å². The molecule has 3 heteroatoms. The molecule has 0 bridgehead atoms. The van der Waals surface area contributed by atoms with Gasteiger partial charge in [0.25, 0.3) is 5.91 Å². The Bertz CT molecular complexity index is 605. The lowest BCUT2D eigenvalue weighted by atomic mass is 10.1. The second kappa shape index (κ2) is 7.04. The van der Waals surface area contributed by atoms with Crippen molar-refractivity contribution in [2.75, 3.05) is 13.6 Å². The second-order valence-corrected chi connectivity index (χ2v) is 5.39. The standard InChI is InChI=1S/C18H22N2O/c1-14-6-8-16(9-7-14)13-20(2)18(21)17-5-3-4-15(12-17)10-11-19/h3-9,12H,10-11,13,19H2,1-2H3. The molecule has 0 aliphatic heterocycles. The minimum absolute atomic E-state index is 0.0365. The summed E-state index contributed by atoms with van der Waals surface area (Å²) >= 11 is 0. The van der Waals surface area contributed by atoms with Crippen molar-refractivity contribution < 1.29 is 4.79 Å². The average Bonchev–Trinajstić information content (AvgIpc) is 2.49. The summed E-state index contributed by atoms with van der Waals surface area (Å²) in [5.74, 6) is 0.0365. The third-order valence-corrected chi connectivity index (χ3v) is 3.49. The number of benzene rings is 2. The van der Waals surface area contributed by atoms with Gasteiger partial charge in [-0.1, -0.05) is 42.0 Å². The Balaban J connectivity index is 2.08. The normalized spacial score (nSPS) is 10.4. The lowest BCUT2D eigenvalue weighted by Crippen LogP contribution is -2.26. The van der Waals surface area contributed by atoms with E-state index in [1.54, 1.807) is 4.90 Å². The first-order valence-electron chi connectivity index (χ1n) is 7.20. The largest absolute Gasteiger partial charge is 0.337 e. The summed E-state index contributed by atoms with van der Waals surface area (Å²) in [5.41, 5.74) is 9.75. The van der Waals surface area contributed by atoms with Gasteiger partial charge in [-0.05, 0) is 43.1 Å². The number of nitrogens with zero attached hydrogens (tertiary/aromatic N) is 1. The first-order chi connectivity index (χ1) is 10.1. The summed E-state index contributed by atoms with van der Waals surface area (Å²) in [7, 11) is 1.83. The van der Waals surface area contributed by atoms with Crippen LogP contribution in [-0.4, -0.2) is 24.4 Å². The number of nitrogens with two attached hydrogens (primary N) is 1. The van der Waals surface area contributed by atoms with Crippen LogP contribution in [0.15, 0.2) is 48.5 Å². The van der Waals surface area contributed by atoms with Crippen LogP contribution in [0.3, 0.4) is 0 Å². The Labute approximate surface area is 126 Å². The van der Waals surface area contributed by atoms with Gasteiger partial charge in [-0.3, -0.25) is 4.79 Å². The van der Waals surface area contributed by atoms with E-state index in [9.17, 15) is 4.79 Å². The molecular weight excluding hydrogens is 260 g/mol. The topological polar surface area (TPSA) is 46.3 Å². The number of rotatable bonds is 5. The first-order valence-corrected chi connectivity index (χ1v) is 7.20. The van der Waals surface area contributed by atoms with E-state index in [0.717, 1.165) is 23.1 Å². The van der Waals surface area contributed by atoms with E-state index in [4.69, 9.17) is 5.73 Å². The molecule has 0 aromatic heterocycles. The van der Waals surface area contributed by atoms with E-state index in [2.05, 4.69) is 31.2 Å². The number of aryl methyl sites for hydroxylation is 1. The minimum Gasteiger partial charge on any atom is -0.337 e. The zero-order chi connectivity index (χ0) is 15.2. The van der Waals surface area contributed by atoms with Crippen molar-refractivity contribution >= 4 is 5.91 Å².